The summed E-state index contributed by atoms with van der Waals surface area (Å²) in [6, 6.07) is 0. The van der Waals surface area contributed by atoms with Crippen molar-refractivity contribution in [1.29, 1.82) is 0 Å². The van der Waals surface area contributed by atoms with Crippen LogP contribution in [0.1, 0.15) is 128 Å². The first kappa shape index (κ1) is 26.8. The molecule has 0 radical (unpaired) electrons. The molecule has 0 saturated heterocycles. The van der Waals surface area contributed by atoms with E-state index < -0.39 is 0 Å². The molecule has 1 N–H and O–H groups in total. The first-order valence-electron chi connectivity index (χ1n) is 14.7. The molecular formula is C29H54N2O2. The average Bonchev–Trinajstić information content (AvgIpc) is 2.78. The molecule has 3 aliphatic carbocycles. The second kappa shape index (κ2) is 14.6. The van der Waals surface area contributed by atoms with Gasteiger partial charge >= 0.3 is 6.09 Å². The van der Waals surface area contributed by atoms with E-state index in [-0.39, 0.29) is 11.7 Å². The van der Waals surface area contributed by atoms with E-state index in [9.17, 15) is 4.79 Å². The number of alkyl carbamates (subject to hydrolysis) is 1. The van der Waals surface area contributed by atoms with Crippen molar-refractivity contribution in [2.75, 3.05) is 27.2 Å². The van der Waals surface area contributed by atoms with Crippen molar-refractivity contribution < 1.29 is 9.53 Å². The summed E-state index contributed by atoms with van der Waals surface area (Å²) >= 11 is 0. The van der Waals surface area contributed by atoms with Crippen LogP contribution < -0.4 is 5.32 Å². The van der Waals surface area contributed by atoms with Gasteiger partial charge in [-0.25, -0.2) is 4.79 Å². The molecule has 0 aliphatic heterocycles. The second-order valence-electron chi connectivity index (χ2n) is 11.9. The number of carbonyl (C=O) groups is 1. The third kappa shape index (κ3) is 9.07. The monoisotopic (exact) mass is 462 g/mol. The zero-order valence-corrected chi connectivity index (χ0v) is 22.1. The summed E-state index contributed by atoms with van der Waals surface area (Å²) in [5, 5.41) is 3.08. The zero-order valence-electron chi connectivity index (χ0n) is 22.1. The van der Waals surface area contributed by atoms with Crippen LogP contribution in [0.3, 0.4) is 0 Å². The summed E-state index contributed by atoms with van der Waals surface area (Å²) in [4.78, 5) is 15.2. The van der Waals surface area contributed by atoms with E-state index in [1.165, 1.54) is 116 Å². The lowest BCUT2D eigenvalue weighted by Gasteiger charge is -2.43. The van der Waals surface area contributed by atoms with Crippen molar-refractivity contribution in [3.8, 4) is 0 Å². The molecule has 33 heavy (non-hydrogen) atoms. The minimum absolute atomic E-state index is 0.165. The van der Waals surface area contributed by atoms with Gasteiger partial charge in [-0.2, -0.15) is 0 Å². The number of nitrogens with zero attached hydrogens (tertiary/aromatic N) is 1. The maximum Gasteiger partial charge on any atom is 0.407 e. The predicted octanol–water partition coefficient (Wildman–Crippen LogP) is 7.70. The SMILES string of the molecule is CN(C)CCNC(=O)OC12CCCCCC(CCC1)C1CCCCCCCC2CCCCC1. The normalized spacial score (nSPS) is 33.0. The Morgan fingerprint density at radius 3 is 1.85 bits per heavy atom. The van der Waals surface area contributed by atoms with Crippen LogP contribution >= 0.6 is 0 Å². The number of amides is 1. The van der Waals surface area contributed by atoms with Gasteiger partial charge in [-0.05, 0) is 70.4 Å². The van der Waals surface area contributed by atoms with Crippen LogP contribution in [-0.4, -0.2) is 43.8 Å². The van der Waals surface area contributed by atoms with Gasteiger partial charge in [0.1, 0.15) is 5.60 Å². The summed E-state index contributed by atoms with van der Waals surface area (Å²) < 4.78 is 6.57. The van der Waals surface area contributed by atoms with E-state index >= 15 is 0 Å². The van der Waals surface area contributed by atoms with Crippen molar-refractivity contribution in [2.45, 2.75) is 134 Å². The Morgan fingerprint density at radius 2 is 1.21 bits per heavy atom. The fourth-order valence-electron chi connectivity index (χ4n) is 7.20. The Labute approximate surface area is 205 Å². The standard InChI is InChI=1S/C29H54N2O2/c1-31(2)24-23-30-28(32)33-29-21-13-7-10-17-26(18-14-22-29)25-15-8-4-3-5-11-19-27(29)20-12-6-9-16-25/h25-27H,3-24H2,1-2H3,(H,30,32). The molecule has 0 aromatic carbocycles. The number of hydrogen-bond acceptors (Lipinski definition) is 3. The van der Waals surface area contributed by atoms with Gasteiger partial charge in [0, 0.05) is 13.1 Å². The van der Waals surface area contributed by atoms with E-state index in [0.717, 1.165) is 31.2 Å². The van der Waals surface area contributed by atoms with Crippen molar-refractivity contribution in [3.05, 3.63) is 0 Å². The van der Waals surface area contributed by atoms with E-state index in [1.54, 1.807) is 0 Å². The van der Waals surface area contributed by atoms with Gasteiger partial charge in [0.15, 0.2) is 0 Å². The van der Waals surface area contributed by atoms with Crippen molar-refractivity contribution >= 4 is 6.09 Å². The van der Waals surface area contributed by atoms with E-state index in [2.05, 4.69) is 10.2 Å². The van der Waals surface area contributed by atoms with Crippen LogP contribution in [0.25, 0.3) is 0 Å². The topological polar surface area (TPSA) is 41.6 Å². The van der Waals surface area contributed by atoms with Crippen molar-refractivity contribution in [3.63, 3.8) is 0 Å². The summed E-state index contributed by atoms with van der Waals surface area (Å²) in [5.41, 5.74) is -0.247. The molecular weight excluding hydrogens is 408 g/mol. The maximum absolute atomic E-state index is 13.0. The fraction of sp³-hybridized carbons (Fsp3) is 0.966. The van der Waals surface area contributed by atoms with E-state index in [1.807, 2.05) is 14.1 Å². The van der Waals surface area contributed by atoms with Gasteiger partial charge in [0.25, 0.3) is 0 Å². The number of nitrogens with one attached hydrogen (secondary N) is 1. The van der Waals surface area contributed by atoms with Gasteiger partial charge in [-0.15, -0.1) is 0 Å². The van der Waals surface area contributed by atoms with Crippen LogP contribution in [0.4, 0.5) is 4.79 Å². The van der Waals surface area contributed by atoms with Gasteiger partial charge in [-0.1, -0.05) is 89.9 Å². The van der Waals surface area contributed by atoms with E-state index in [0.29, 0.717) is 12.5 Å². The minimum atomic E-state index is -0.247. The molecule has 4 heteroatoms. The molecule has 4 atom stereocenters. The zero-order chi connectivity index (χ0) is 23.4. The maximum atomic E-state index is 13.0. The third-order valence-corrected chi connectivity index (χ3v) is 9.14. The van der Waals surface area contributed by atoms with Crippen LogP contribution in [0, 0.1) is 17.8 Å². The molecule has 3 rings (SSSR count). The summed E-state index contributed by atoms with van der Waals surface area (Å²) in [5.74, 6) is 2.37. The van der Waals surface area contributed by atoms with Gasteiger partial charge in [0.05, 0.1) is 0 Å². The molecule has 0 aromatic heterocycles. The molecule has 4 unspecified atom stereocenters. The summed E-state index contributed by atoms with van der Waals surface area (Å²) in [6.45, 7) is 1.52. The Hall–Kier alpha value is -0.770. The highest BCUT2D eigenvalue weighted by atomic mass is 16.6. The van der Waals surface area contributed by atoms with E-state index in [4.69, 9.17) is 4.74 Å². The van der Waals surface area contributed by atoms with Gasteiger partial charge < -0.3 is 15.0 Å². The second-order valence-corrected chi connectivity index (χ2v) is 11.9. The van der Waals surface area contributed by atoms with Crippen LogP contribution in [0.15, 0.2) is 0 Å². The first-order valence-corrected chi connectivity index (χ1v) is 14.7. The quantitative estimate of drug-likeness (QED) is 0.465. The largest absolute Gasteiger partial charge is 0.443 e. The average molecular weight is 463 g/mol. The summed E-state index contributed by atoms with van der Waals surface area (Å²) in [7, 11) is 4.10. The molecule has 0 heterocycles. The first-order chi connectivity index (χ1) is 16.1. The predicted molar refractivity (Wildman–Crippen MR) is 139 cm³/mol. The van der Waals surface area contributed by atoms with Crippen LogP contribution in [-0.2, 0) is 4.74 Å². The molecule has 3 fully saturated rings. The number of ether oxygens (including phenoxy) is 1. The molecule has 3 saturated carbocycles. The lowest BCUT2D eigenvalue weighted by Crippen LogP contribution is -2.46. The fourth-order valence-corrected chi connectivity index (χ4v) is 7.20. The Kier molecular flexibility index (Phi) is 11.9. The minimum Gasteiger partial charge on any atom is -0.443 e. The third-order valence-electron chi connectivity index (χ3n) is 9.14. The van der Waals surface area contributed by atoms with Gasteiger partial charge in [0.2, 0.25) is 0 Å². The Morgan fingerprint density at radius 1 is 0.727 bits per heavy atom. The molecule has 1 amide bonds. The highest BCUT2D eigenvalue weighted by Crippen LogP contribution is 2.44. The van der Waals surface area contributed by atoms with Crippen LogP contribution in [0.2, 0.25) is 0 Å². The molecule has 4 bridgehead atoms. The molecule has 3 aliphatic rings. The lowest BCUT2D eigenvalue weighted by atomic mass is 9.70. The number of rotatable bonds is 4. The highest BCUT2D eigenvalue weighted by molar-refractivity contribution is 5.67. The summed E-state index contributed by atoms with van der Waals surface area (Å²) in [6.07, 6.45) is 26.4. The smallest absolute Gasteiger partial charge is 0.407 e. The molecule has 4 nitrogen and oxygen atoms in total. The molecule has 0 spiro atoms. The van der Waals surface area contributed by atoms with Crippen molar-refractivity contribution in [1.82, 2.24) is 10.2 Å². The Balaban J connectivity index is 1.84. The molecule has 0 aromatic rings. The number of carbonyl (C=O) groups excluding carboxylic acids is 1. The van der Waals surface area contributed by atoms with Gasteiger partial charge in [-0.3, -0.25) is 0 Å². The number of hydrogen-bond donors (Lipinski definition) is 1. The lowest BCUT2D eigenvalue weighted by molar-refractivity contribution is -0.0602. The highest BCUT2D eigenvalue weighted by Gasteiger charge is 2.42. The number of likely N-dealkylation sites (N-methyl/N-ethyl adjacent to an activating group) is 1. The Bertz CT molecular complexity index is 548. The molecule has 192 valence electrons. The van der Waals surface area contributed by atoms with Crippen LogP contribution in [0.5, 0.6) is 0 Å². The van der Waals surface area contributed by atoms with Crippen molar-refractivity contribution in [2.24, 2.45) is 17.8 Å².